The Morgan fingerprint density at radius 1 is 1.07 bits per heavy atom. The van der Waals surface area contributed by atoms with Crippen LogP contribution < -0.4 is 15.4 Å². The third-order valence-electron chi connectivity index (χ3n) is 9.72. The number of carboxylic acids is 1. The molecular formula is C32H41N5O6S2. The van der Waals surface area contributed by atoms with Gasteiger partial charge in [-0.3, -0.25) is 14.5 Å². The van der Waals surface area contributed by atoms with Gasteiger partial charge < -0.3 is 20.5 Å². The molecule has 0 spiro atoms. The summed E-state index contributed by atoms with van der Waals surface area (Å²) in [4.78, 5) is 37.5. The average Bonchev–Trinajstić information content (AvgIpc) is 3.73. The maximum Gasteiger partial charge on any atom is 0.306 e. The fraction of sp³-hybridized carbons (Fsp3) is 0.562. The third kappa shape index (κ3) is 7.01. The van der Waals surface area contributed by atoms with Gasteiger partial charge in [0.05, 0.1) is 23.8 Å². The van der Waals surface area contributed by atoms with Crippen molar-refractivity contribution in [3.05, 3.63) is 42.0 Å². The van der Waals surface area contributed by atoms with Crippen LogP contribution in [0.1, 0.15) is 69.3 Å². The van der Waals surface area contributed by atoms with Gasteiger partial charge in [0.1, 0.15) is 15.7 Å². The molecule has 1 amide bonds. The Morgan fingerprint density at radius 3 is 2.49 bits per heavy atom. The molecule has 0 radical (unpaired) electrons. The van der Waals surface area contributed by atoms with Crippen molar-refractivity contribution in [1.29, 1.82) is 0 Å². The molecule has 3 fully saturated rings. The number of pyridine rings is 1. The van der Waals surface area contributed by atoms with Crippen LogP contribution in [0.25, 0.3) is 10.3 Å². The Balaban J connectivity index is 1.25. The maximum absolute atomic E-state index is 14.1. The van der Waals surface area contributed by atoms with Crippen molar-refractivity contribution in [1.82, 2.24) is 20.2 Å². The first-order valence-electron chi connectivity index (χ1n) is 15.9. The molecule has 11 nitrogen and oxygen atoms in total. The standard InChI is InChI=1S/C32H41N5O6S2/c1-43-27-11-10-26-30(35-27)44-32(34-26)36-29(38)25(18-20-4-2-3-5-20)21-6-8-24(9-7-21)45(41,42)28-19-22(31(39)40)14-17-37(28)23-12-15-33-16-13-23/h6-11,20,22-23,25,28,33H,2-5,12-19H2,1H3,(H,39,40)(H,34,36,38). The third-order valence-corrected chi connectivity index (χ3v) is 12.7. The fourth-order valence-electron chi connectivity index (χ4n) is 7.21. The van der Waals surface area contributed by atoms with E-state index in [0.29, 0.717) is 46.7 Å². The van der Waals surface area contributed by atoms with Gasteiger partial charge in [-0.2, -0.15) is 0 Å². The number of carbonyl (C=O) groups excluding carboxylic acids is 1. The normalized spacial score (nSPS) is 22.8. The van der Waals surface area contributed by atoms with Crippen LogP contribution in [0, 0.1) is 11.8 Å². The second kappa shape index (κ2) is 13.7. The van der Waals surface area contributed by atoms with Crippen molar-refractivity contribution in [3.8, 4) is 5.88 Å². The maximum atomic E-state index is 14.1. The number of carbonyl (C=O) groups is 2. The number of nitrogens with one attached hydrogen (secondary N) is 2. The number of hydrogen-bond acceptors (Lipinski definition) is 10. The summed E-state index contributed by atoms with van der Waals surface area (Å²) in [6, 6.07) is 10.3. The zero-order chi connectivity index (χ0) is 31.6. The minimum atomic E-state index is -3.87. The number of anilines is 1. The van der Waals surface area contributed by atoms with Gasteiger partial charge >= 0.3 is 5.97 Å². The number of ether oxygens (including phenoxy) is 1. The molecule has 3 N–H and O–H groups in total. The number of aromatic nitrogens is 2. The molecule has 3 aliphatic rings. The lowest BCUT2D eigenvalue weighted by atomic mass is 9.87. The number of carboxylic acid groups (broad SMARTS) is 1. The monoisotopic (exact) mass is 655 g/mol. The summed E-state index contributed by atoms with van der Waals surface area (Å²) in [7, 11) is -2.32. The Hall–Kier alpha value is -3.13. The molecule has 0 bridgehead atoms. The first-order chi connectivity index (χ1) is 21.7. The van der Waals surface area contributed by atoms with Crippen molar-refractivity contribution >= 4 is 48.5 Å². The molecule has 2 aromatic heterocycles. The number of fused-ring (bicyclic) bond motifs is 1. The molecule has 1 saturated carbocycles. The number of methoxy groups -OCH3 is 1. The molecule has 13 heteroatoms. The summed E-state index contributed by atoms with van der Waals surface area (Å²) in [6.07, 6.45) is 7.28. The van der Waals surface area contributed by atoms with Crippen molar-refractivity contribution in [2.45, 2.75) is 80.0 Å². The summed E-state index contributed by atoms with van der Waals surface area (Å²) in [5.74, 6) is -1.41. The zero-order valence-electron chi connectivity index (χ0n) is 25.5. The van der Waals surface area contributed by atoms with Crippen molar-refractivity contribution in [2.75, 3.05) is 32.1 Å². The highest BCUT2D eigenvalue weighted by Gasteiger charge is 2.43. The second-order valence-electron chi connectivity index (χ2n) is 12.5. The van der Waals surface area contributed by atoms with Crippen LogP contribution >= 0.6 is 11.3 Å². The summed E-state index contributed by atoms with van der Waals surface area (Å²) in [5.41, 5.74) is 1.42. The smallest absolute Gasteiger partial charge is 0.306 e. The molecule has 242 valence electrons. The summed E-state index contributed by atoms with van der Waals surface area (Å²) in [6.45, 7) is 2.08. The average molecular weight is 656 g/mol. The number of hydrogen-bond donors (Lipinski definition) is 3. The highest BCUT2D eigenvalue weighted by Crippen LogP contribution is 2.38. The summed E-state index contributed by atoms with van der Waals surface area (Å²) in [5, 5.41) is 15.6. The lowest BCUT2D eigenvalue weighted by Gasteiger charge is -2.43. The molecule has 1 aromatic carbocycles. The van der Waals surface area contributed by atoms with Crippen LogP contribution in [0.2, 0.25) is 0 Å². The Labute approximate surface area is 267 Å². The van der Waals surface area contributed by atoms with Gasteiger partial charge in [0.15, 0.2) is 15.0 Å². The molecule has 2 saturated heterocycles. The number of likely N-dealkylation sites (tertiary alicyclic amines) is 1. The highest BCUT2D eigenvalue weighted by atomic mass is 32.2. The molecule has 4 heterocycles. The van der Waals surface area contributed by atoms with E-state index in [1.165, 1.54) is 11.3 Å². The topological polar surface area (TPSA) is 151 Å². The molecule has 2 aliphatic heterocycles. The number of rotatable bonds is 10. The van der Waals surface area contributed by atoms with Crippen molar-refractivity contribution < 1.29 is 27.9 Å². The van der Waals surface area contributed by atoms with Gasteiger partial charge in [-0.05, 0) is 74.9 Å². The van der Waals surface area contributed by atoms with E-state index in [0.717, 1.165) is 57.2 Å². The van der Waals surface area contributed by atoms with Gasteiger partial charge in [0.25, 0.3) is 0 Å². The molecule has 3 aromatic rings. The highest BCUT2D eigenvalue weighted by molar-refractivity contribution is 7.92. The summed E-state index contributed by atoms with van der Waals surface area (Å²) < 4.78 is 33.5. The van der Waals surface area contributed by atoms with E-state index in [-0.39, 0.29) is 23.3 Å². The van der Waals surface area contributed by atoms with Crippen LogP contribution in [0.15, 0.2) is 41.3 Å². The van der Waals surface area contributed by atoms with E-state index in [1.807, 2.05) is 4.90 Å². The Bertz CT molecular complexity index is 1620. The number of thiazole rings is 1. The van der Waals surface area contributed by atoms with Gasteiger partial charge in [0.2, 0.25) is 11.8 Å². The van der Waals surface area contributed by atoms with E-state index in [9.17, 15) is 23.1 Å². The SMILES string of the molecule is COc1ccc2nc(NC(=O)C(CC3CCCC3)c3ccc(S(=O)(=O)C4CC(C(=O)O)CCN4C4CCNCC4)cc3)sc2n1. The van der Waals surface area contributed by atoms with Crippen LogP contribution in [0.5, 0.6) is 5.88 Å². The number of sulfone groups is 1. The van der Waals surface area contributed by atoms with E-state index in [4.69, 9.17) is 4.74 Å². The fourth-order valence-corrected chi connectivity index (χ4v) is 9.99. The Kier molecular flexibility index (Phi) is 9.69. The molecule has 3 atom stereocenters. The van der Waals surface area contributed by atoms with Crippen molar-refractivity contribution in [2.24, 2.45) is 11.8 Å². The van der Waals surface area contributed by atoms with Gasteiger partial charge in [-0.15, -0.1) is 0 Å². The number of benzene rings is 1. The van der Waals surface area contributed by atoms with Gasteiger partial charge in [-0.1, -0.05) is 49.2 Å². The van der Waals surface area contributed by atoms with Crippen molar-refractivity contribution in [3.63, 3.8) is 0 Å². The number of aliphatic carboxylic acids is 1. The zero-order valence-corrected chi connectivity index (χ0v) is 27.1. The largest absolute Gasteiger partial charge is 0.481 e. The first-order valence-corrected chi connectivity index (χ1v) is 18.2. The summed E-state index contributed by atoms with van der Waals surface area (Å²) >= 11 is 1.28. The van der Waals surface area contributed by atoms with Crippen LogP contribution in [-0.4, -0.2) is 78.4 Å². The van der Waals surface area contributed by atoms with Crippen LogP contribution in [-0.2, 0) is 19.4 Å². The molecule has 1 aliphatic carbocycles. The van der Waals surface area contributed by atoms with E-state index in [2.05, 4.69) is 20.6 Å². The minimum Gasteiger partial charge on any atom is -0.481 e. The number of nitrogens with zero attached hydrogens (tertiary/aromatic N) is 3. The number of amides is 1. The minimum absolute atomic E-state index is 0.0684. The number of piperidine rings is 2. The van der Waals surface area contributed by atoms with Gasteiger partial charge in [-0.25, -0.2) is 18.4 Å². The van der Waals surface area contributed by atoms with E-state index >= 15 is 0 Å². The molecular weight excluding hydrogens is 615 g/mol. The lowest BCUT2D eigenvalue weighted by molar-refractivity contribution is -0.143. The molecule has 6 rings (SSSR count). The van der Waals surface area contributed by atoms with E-state index < -0.39 is 33.0 Å². The Morgan fingerprint density at radius 2 is 1.80 bits per heavy atom. The lowest BCUT2D eigenvalue weighted by Crippen LogP contribution is -2.55. The predicted octanol–water partition coefficient (Wildman–Crippen LogP) is 4.65. The van der Waals surface area contributed by atoms with E-state index in [1.54, 1.807) is 43.5 Å². The first kappa shape index (κ1) is 31.8. The quantitative estimate of drug-likeness (QED) is 0.282. The van der Waals surface area contributed by atoms with Crippen LogP contribution in [0.3, 0.4) is 0 Å². The predicted molar refractivity (Wildman–Crippen MR) is 172 cm³/mol. The second-order valence-corrected chi connectivity index (χ2v) is 15.6. The molecule has 45 heavy (non-hydrogen) atoms. The van der Waals surface area contributed by atoms with Crippen LogP contribution in [0.4, 0.5) is 5.13 Å². The molecule has 3 unspecified atom stereocenters. The van der Waals surface area contributed by atoms with Gasteiger partial charge in [0, 0.05) is 18.7 Å².